The number of Topliss-reactive ketones (excluding diaryl/α,β-unsaturated/α-hetero) is 1. The molecule has 0 atom stereocenters. The van der Waals surface area contributed by atoms with Crippen molar-refractivity contribution >= 4 is 17.7 Å². The molecule has 0 fully saturated rings. The monoisotopic (exact) mass is 291 g/mol. The molecule has 0 radical (unpaired) electrons. The fraction of sp³-hybridized carbons (Fsp3) is 0.438. The second-order valence-electron chi connectivity index (χ2n) is 5.66. The minimum atomic E-state index is -0.838. The molecule has 0 aliphatic carbocycles. The molecular formula is C16H21NO4. The Morgan fingerprint density at radius 1 is 1.10 bits per heavy atom. The lowest BCUT2D eigenvalue weighted by molar-refractivity contribution is -0.162. The highest BCUT2D eigenvalue weighted by atomic mass is 16.6. The highest BCUT2D eigenvalue weighted by Crippen LogP contribution is 2.10. The average Bonchev–Trinajstić information content (AvgIpc) is 2.37. The van der Waals surface area contributed by atoms with E-state index in [1.807, 2.05) is 6.92 Å². The van der Waals surface area contributed by atoms with E-state index in [-0.39, 0.29) is 12.3 Å². The van der Waals surface area contributed by atoms with Crippen molar-refractivity contribution in [3.05, 3.63) is 35.4 Å². The zero-order chi connectivity index (χ0) is 16.0. The summed E-state index contributed by atoms with van der Waals surface area (Å²) < 4.78 is 5.01. The van der Waals surface area contributed by atoms with Gasteiger partial charge in [-0.2, -0.15) is 0 Å². The third kappa shape index (κ3) is 5.77. The van der Waals surface area contributed by atoms with E-state index in [1.165, 1.54) is 0 Å². The molecule has 0 unspecified atom stereocenters. The van der Waals surface area contributed by atoms with E-state index in [0.717, 1.165) is 0 Å². The summed E-state index contributed by atoms with van der Waals surface area (Å²) in [5.74, 6) is -1.60. The van der Waals surface area contributed by atoms with Gasteiger partial charge in [-0.25, -0.2) is 4.79 Å². The van der Waals surface area contributed by atoms with Crippen LogP contribution in [0.1, 0.15) is 43.6 Å². The molecule has 0 aromatic heterocycles. The molecule has 0 aliphatic heterocycles. The van der Waals surface area contributed by atoms with E-state index in [9.17, 15) is 14.4 Å². The van der Waals surface area contributed by atoms with Crippen LogP contribution in [-0.2, 0) is 20.7 Å². The molecule has 5 nitrogen and oxygen atoms in total. The number of hydrogen-bond acceptors (Lipinski definition) is 4. The van der Waals surface area contributed by atoms with Crippen molar-refractivity contribution in [2.75, 3.05) is 6.54 Å². The molecule has 0 heterocycles. The smallest absolute Gasteiger partial charge is 0.375 e. The molecule has 5 heteroatoms. The molecule has 1 aromatic carbocycles. The standard InChI is InChI=1S/C16H21NO4/c1-5-17-14(19)12-8-6-11(7-9-12)10-13(18)15(20)21-16(2,3)4/h6-9H,5,10H2,1-4H3,(H,17,19). The van der Waals surface area contributed by atoms with Gasteiger partial charge in [0.15, 0.2) is 0 Å². The fourth-order valence-electron chi connectivity index (χ4n) is 1.63. The Kier molecular flexibility index (Phi) is 5.64. The fourth-order valence-corrected chi connectivity index (χ4v) is 1.63. The first-order valence-corrected chi connectivity index (χ1v) is 6.86. The summed E-state index contributed by atoms with van der Waals surface area (Å²) in [7, 11) is 0. The van der Waals surface area contributed by atoms with Crippen LogP contribution in [0.3, 0.4) is 0 Å². The second-order valence-corrected chi connectivity index (χ2v) is 5.66. The predicted molar refractivity (Wildman–Crippen MR) is 79.0 cm³/mol. The second kappa shape index (κ2) is 7.02. The van der Waals surface area contributed by atoms with Crippen molar-refractivity contribution < 1.29 is 19.1 Å². The summed E-state index contributed by atoms with van der Waals surface area (Å²) >= 11 is 0. The molecule has 21 heavy (non-hydrogen) atoms. The first-order chi connectivity index (χ1) is 9.73. The summed E-state index contributed by atoms with van der Waals surface area (Å²) in [5.41, 5.74) is 0.499. The first-order valence-electron chi connectivity index (χ1n) is 6.86. The maximum absolute atomic E-state index is 11.8. The van der Waals surface area contributed by atoms with Crippen LogP contribution in [0.25, 0.3) is 0 Å². The molecule has 0 saturated heterocycles. The number of carbonyl (C=O) groups is 3. The van der Waals surface area contributed by atoms with E-state index in [0.29, 0.717) is 17.7 Å². The molecule has 1 amide bonds. The van der Waals surface area contributed by atoms with E-state index in [4.69, 9.17) is 4.74 Å². The zero-order valence-electron chi connectivity index (χ0n) is 12.9. The lowest BCUT2D eigenvalue weighted by Crippen LogP contribution is -2.29. The third-order valence-corrected chi connectivity index (χ3v) is 2.54. The number of ketones is 1. The van der Waals surface area contributed by atoms with Crippen molar-refractivity contribution in [1.29, 1.82) is 0 Å². The molecule has 0 spiro atoms. The summed E-state index contributed by atoms with van der Waals surface area (Å²) in [5, 5.41) is 2.69. The Hall–Kier alpha value is -2.17. The van der Waals surface area contributed by atoms with Gasteiger partial charge in [-0.15, -0.1) is 0 Å². The third-order valence-electron chi connectivity index (χ3n) is 2.54. The molecule has 0 saturated carbocycles. The molecule has 1 aromatic rings. The van der Waals surface area contributed by atoms with Gasteiger partial charge < -0.3 is 10.1 Å². The van der Waals surface area contributed by atoms with Crippen LogP contribution >= 0.6 is 0 Å². The summed E-state index contributed by atoms with van der Waals surface area (Å²) in [6.07, 6.45) is -0.0371. The van der Waals surface area contributed by atoms with Crippen LogP contribution in [0.2, 0.25) is 0 Å². The number of benzene rings is 1. The van der Waals surface area contributed by atoms with E-state index >= 15 is 0 Å². The predicted octanol–water partition coefficient (Wildman–Crippen LogP) is 1.89. The number of hydrogen-bond donors (Lipinski definition) is 1. The van der Waals surface area contributed by atoms with Gasteiger partial charge in [0.1, 0.15) is 5.60 Å². The number of rotatable bonds is 5. The Morgan fingerprint density at radius 3 is 2.14 bits per heavy atom. The summed E-state index contributed by atoms with van der Waals surface area (Å²) in [6.45, 7) is 7.52. The van der Waals surface area contributed by atoms with Gasteiger partial charge in [0.2, 0.25) is 5.78 Å². The Balaban J connectivity index is 2.65. The Bertz CT molecular complexity index is 526. The molecular weight excluding hydrogens is 270 g/mol. The van der Waals surface area contributed by atoms with Gasteiger partial charge in [-0.3, -0.25) is 9.59 Å². The van der Waals surface area contributed by atoms with Crippen LogP contribution in [0.4, 0.5) is 0 Å². The molecule has 1 N–H and O–H groups in total. The number of nitrogens with one attached hydrogen (secondary N) is 1. The van der Waals surface area contributed by atoms with Gasteiger partial charge in [0.25, 0.3) is 5.91 Å². The Morgan fingerprint density at radius 2 is 1.67 bits per heavy atom. The van der Waals surface area contributed by atoms with Gasteiger partial charge in [-0.05, 0) is 45.4 Å². The molecule has 114 valence electrons. The van der Waals surface area contributed by atoms with Gasteiger partial charge in [0.05, 0.1) is 0 Å². The maximum atomic E-state index is 11.8. The van der Waals surface area contributed by atoms with Crippen molar-refractivity contribution in [3.63, 3.8) is 0 Å². The Labute approximate surface area is 124 Å². The molecule has 0 bridgehead atoms. The lowest BCUT2D eigenvalue weighted by atomic mass is 10.1. The summed E-state index contributed by atoms with van der Waals surface area (Å²) in [6, 6.07) is 6.57. The zero-order valence-corrected chi connectivity index (χ0v) is 12.9. The van der Waals surface area contributed by atoms with Crippen LogP contribution in [0.15, 0.2) is 24.3 Å². The van der Waals surface area contributed by atoms with E-state index in [2.05, 4.69) is 5.32 Å². The van der Waals surface area contributed by atoms with Crippen LogP contribution < -0.4 is 5.32 Å². The topological polar surface area (TPSA) is 72.5 Å². The van der Waals surface area contributed by atoms with Crippen LogP contribution in [0, 0.1) is 0 Å². The molecule has 1 rings (SSSR count). The van der Waals surface area contributed by atoms with Gasteiger partial charge >= 0.3 is 5.97 Å². The minimum Gasteiger partial charge on any atom is -0.454 e. The average molecular weight is 291 g/mol. The number of esters is 1. The quantitative estimate of drug-likeness (QED) is 0.664. The first kappa shape index (κ1) is 16.9. The van der Waals surface area contributed by atoms with Gasteiger partial charge in [-0.1, -0.05) is 12.1 Å². The SMILES string of the molecule is CCNC(=O)c1ccc(CC(=O)C(=O)OC(C)(C)C)cc1. The van der Waals surface area contributed by atoms with Crippen LogP contribution in [0.5, 0.6) is 0 Å². The summed E-state index contributed by atoms with van der Waals surface area (Å²) in [4.78, 5) is 34.9. The number of ether oxygens (including phenoxy) is 1. The van der Waals surface area contributed by atoms with E-state index < -0.39 is 17.4 Å². The van der Waals surface area contributed by atoms with Crippen molar-refractivity contribution in [3.8, 4) is 0 Å². The normalized spacial score (nSPS) is 10.9. The van der Waals surface area contributed by atoms with Gasteiger partial charge in [0, 0.05) is 18.5 Å². The largest absolute Gasteiger partial charge is 0.454 e. The molecule has 0 aliphatic rings. The highest BCUT2D eigenvalue weighted by molar-refractivity contribution is 6.34. The highest BCUT2D eigenvalue weighted by Gasteiger charge is 2.22. The van der Waals surface area contributed by atoms with Crippen molar-refractivity contribution in [2.45, 2.75) is 39.7 Å². The number of carbonyl (C=O) groups excluding carboxylic acids is 3. The maximum Gasteiger partial charge on any atom is 0.375 e. The van der Waals surface area contributed by atoms with E-state index in [1.54, 1.807) is 45.0 Å². The number of amides is 1. The minimum absolute atomic E-state index is 0.0371. The van der Waals surface area contributed by atoms with Crippen molar-refractivity contribution in [1.82, 2.24) is 5.32 Å². The van der Waals surface area contributed by atoms with Crippen molar-refractivity contribution in [2.24, 2.45) is 0 Å². The lowest BCUT2D eigenvalue weighted by Gasteiger charge is -2.18. The van der Waals surface area contributed by atoms with Crippen LogP contribution in [-0.4, -0.2) is 29.8 Å².